The van der Waals surface area contributed by atoms with E-state index >= 15 is 0 Å². The number of aromatic nitrogens is 1. The molecule has 2 N–H and O–H groups in total. The Morgan fingerprint density at radius 3 is 2.51 bits per heavy atom. The van der Waals surface area contributed by atoms with Crippen LogP contribution < -0.4 is 10.1 Å². The molecule has 4 aromatic rings. The molecule has 2 atom stereocenters. The zero-order chi connectivity index (χ0) is 29.3. The SMILES string of the molecule is CCCc1c(CC(C)(C)C(=O)O)n(Cc2ccc(Cl)cc2)c2ccc(O[C@H](C(C)=O)C3Cc4ccccc4N3)cc12. The number of ether oxygens (including phenoxy) is 1. The summed E-state index contributed by atoms with van der Waals surface area (Å²) in [5, 5.41) is 15.2. The van der Waals surface area contributed by atoms with Crippen molar-refractivity contribution in [2.45, 2.75) is 72.1 Å². The Morgan fingerprint density at radius 1 is 1.12 bits per heavy atom. The molecule has 0 bridgehead atoms. The van der Waals surface area contributed by atoms with E-state index in [1.54, 1.807) is 20.8 Å². The number of aryl methyl sites for hydroxylation is 1. The molecule has 7 heteroatoms. The molecule has 0 aliphatic carbocycles. The number of carbonyl (C=O) groups excluding carboxylic acids is 1. The van der Waals surface area contributed by atoms with Gasteiger partial charge in [0.2, 0.25) is 0 Å². The number of anilines is 1. The molecule has 0 spiro atoms. The van der Waals surface area contributed by atoms with Crippen LogP contribution in [0, 0.1) is 5.41 Å². The van der Waals surface area contributed by atoms with Gasteiger partial charge in [0.05, 0.1) is 11.5 Å². The summed E-state index contributed by atoms with van der Waals surface area (Å²) in [6.07, 6.45) is 2.17. The summed E-state index contributed by atoms with van der Waals surface area (Å²) in [5.74, 6) is -0.240. The van der Waals surface area contributed by atoms with Gasteiger partial charge in [-0.1, -0.05) is 55.3 Å². The van der Waals surface area contributed by atoms with Crippen molar-refractivity contribution in [3.05, 3.63) is 94.1 Å². The van der Waals surface area contributed by atoms with Crippen LogP contribution in [0.2, 0.25) is 5.02 Å². The molecule has 1 aliphatic heterocycles. The highest BCUT2D eigenvalue weighted by Crippen LogP contribution is 2.36. The van der Waals surface area contributed by atoms with Gasteiger partial charge in [0, 0.05) is 40.3 Å². The Morgan fingerprint density at radius 2 is 1.85 bits per heavy atom. The molecular formula is C34H37ClN2O4. The van der Waals surface area contributed by atoms with Gasteiger partial charge in [0.15, 0.2) is 11.9 Å². The van der Waals surface area contributed by atoms with Crippen LogP contribution in [0.25, 0.3) is 10.9 Å². The van der Waals surface area contributed by atoms with Crippen molar-refractivity contribution in [1.82, 2.24) is 4.57 Å². The van der Waals surface area contributed by atoms with Crippen LogP contribution in [0.1, 0.15) is 56.5 Å². The molecular weight excluding hydrogens is 536 g/mol. The maximum absolute atomic E-state index is 12.8. The van der Waals surface area contributed by atoms with Crippen LogP contribution in [-0.4, -0.2) is 33.6 Å². The Labute approximate surface area is 246 Å². The quantitative estimate of drug-likeness (QED) is 0.197. The normalized spacial score (nSPS) is 15.4. The second kappa shape index (κ2) is 11.6. The highest BCUT2D eigenvalue weighted by molar-refractivity contribution is 6.30. The van der Waals surface area contributed by atoms with Crippen LogP contribution in [0.5, 0.6) is 5.75 Å². The van der Waals surface area contributed by atoms with E-state index < -0.39 is 17.5 Å². The molecule has 0 fully saturated rings. The molecule has 1 aromatic heterocycles. The average Bonchev–Trinajstić information content (AvgIpc) is 3.48. The maximum Gasteiger partial charge on any atom is 0.309 e. The van der Waals surface area contributed by atoms with Gasteiger partial charge in [-0.15, -0.1) is 0 Å². The van der Waals surface area contributed by atoms with E-state index in [1.807, 2.05) is 60.7 Å². The number of aliphatic carboxylic acids is 1. The van der Waals surface area contributed by atoms with Crippen LogP contribution in [0.3, 0.4) is 0 Å². The van der Waals surface area contributed by atoms with Crippen LogP contribution >= 0.6 is 11.6 Å². The summed E-state index contributed by atoms with van der Waals surface area (Å²) < 4.78 is 8.65. The van der Waals surface area contributed by atoms with Crippen molar-refractivity contribution in [3.8, 4) is 5.75 Å². The minimum absolute atomic E-state index is 0.0339. The summed E-state index contributed by atoms with van der Waals surface area (Å²) in [7, 11) is 0. The lowest BCUT2D eigenvalue weighted by Crippen LogP contribution is -2.41. The first-order valence-electron chi connectivity index (χ1n) is 14.2. The van der Waals surface area contributed by atoms with Gasteiger partial charge in [-0.25, -0.2) is 0 Å². The third kappa shape index (κ3) is 5.98. The number of halogens is 1. The first-order valence-corrected chi connectivity index (χ1v) is 14.6. The highest BCUT2D eigenvalue weighted by atomic mass is 35.5. The summed E-state index contributed by atoms with van der Waals surface area (Å²) in [5.41, 5.74) is 5.50. The van der Waals surface area contributed by atoms with Crippen LogP contribution in [-0.2, 0) is 35.4 Å². The Kier molecular flexibility index (Phi) is 8.14. The predicted octanol–water partition coefficient (Wildman–Crippen LogP) is 7.32. The molecule has 2 heterocycles. The molecule has 6 nitrogen and oxygen atoms in total. The molecule has 0 amide bonds. The summed E-state index contributed by atoms with van der Waals surface area (Å²) in [6, 6.07) is 21.7. The van der Waals surface area contributed by atoms with E-state index in [0.29, 0.717) is 23.7 Å². The minimum atomic E-state index is -0.948. The topological polar surface area (TPSA) is 80.6 Å². The second-order valence-corrected chi connectivity index (χ2v) is 12.1. The van der Waals surface area contributed by atoms with Crippen molar-refractivity contribution in [2.24, 2.45) is 5.41 Å². The lowest BCUT2D eigenvalue weighted by molar-refractivity contribution is -0.146. The number of hydrogen-bond acceptors (Lipinski definition) is 4. The fourth-order valence-corrected chi connectivity index (χ4v) is 5.94. The van der Waals surface area contributed by atoms with E-state index in [-0.39, 0.29) is 11.8 Å². The standard InChI is InChI=1S/C34H37ClN2O4/c1-5-8-26-27-18-25(41-32(21(2)38)29-17-23-9-6-7-10-28(23)36-29)15-16-30(27)37(20-22-11-13-24(35)14-12-22)31(26)19-34(3,4)33(39)40/h6-7,9-16,18,29,32,36H,5,8,17,19-20H2,1-4H3,(H,39,40)/t29?,32-/m1/s1. The minimum Gasteiger partial charge on any atom is -0.481 e. The molecule has 1 unspecified atom stereocenters. The maximum atomic E-state index is 12.8. The Hall–Kier alpha value is -3.77. The van der Waals surface area contributed by atoms with Gasteiger partial charge in [0.25, 0.3) is 0 Å². The van der Waals surface area contributed by atoms with Crippen molar-refractivity contribution in [1.29, 1.82) is 0 Å². The molecule has 214 valence electrons. The van der Waals surface area contributed by atoms with Gasteiger partial charge >= 0.3 is 5.97 Å². The first-order chi connectivity index (χ1) is 19.6. The number of carboxylic acid groups (broad SMARTS) is 1. The summed E-state index contributed by atoms with van der Waals surface area (Å²) in [4.78, 5) is 25.0. The second-order valence-electron chi connectivity index (χ2n) is 11.7. The number of benzene rings is 3. The average molecular weight is 573 g/mol. The lowest BCUT2D eigenvalue weighted by atomic mass is 9.86. The van der Waals surface area contributed by atoms with Gasteiger partial charge in [-0.3, -0.25) is 9.59 Å². The molecule has 5 rings (SSSR count). The number of Topliss-reactive ketones (excluding diaryl/α,β-unsaturated/α-hetero) is 1. The van der Waals surface area contributed by atoms with Gasteiger partial charge < -0.3 is 19.7 Å². The molecule has 1 aliphatic rings. The van der Waals surface area contributed by atoms with Crippen molar-refractivity contribution in [3.63, 3.8) is 0 Å². The summed E-state index contributed by atoms with van der Waals surface area (Å²) >= 11 is 6.15. The predicted molar refractivity (Wildman–Crippen MR) is 164 cm³/mol. The number of carboxylic acids is 1. The monoisotopic (exact) mass is 572 g/mol. The van der Waals surface area contributed by atoms with E-state index in [1.165, 1.54) is 5.56 Å². The van der Waals surface area contributed by atoms with Gasteiger partial charge in [-0.2, -0.15) is 0 Å². The number of para-hydroxylation sites is 1. The fraction of sp³-hybridized carbons (Fsp3) is 0.353. The number of nitrogens with zero attached hydrogens (tertiary/aromatic N) is 1. The van der Waals surface area contributed by atoms with Crippen molar-refractivity contribution >= 4 is 39.9 Å². The Bertz CT molecular complexity index is 1560. The third-order valence-electron chi connectivity index (χ3n) is 8.03. The van der Waals surface area contributed by atoms with Crippen LogP contribution in [0.15, 0.2) is 66.7 Å². The van der Waals surface area contributed by atoms with E-state index in [2.05, 4.69) is 22.9 Å². The third-order valence-corrected chi connectivity index (χ3v) is 8.28. The summed E-state index contributed by atoms with van der Waals surface area (Å²) in [6.45, 7) is 7.83. The lowest BCUT2D eigenvalue weighted by Gasteiger charge is -2.23. The molecule has 0 radical (unpaired) electrons. The first kappa shape index (κ1) is 28.7. The number of fused-ring (bicyclic) bond motifs is 2. The van der Waals surface area contributed by atoms with Crippen LogP contribution in [0.4, 0.5) is 5.69 Å². The van der Waals surface area contributed by atoms with E-state index in [0.717, 1.165) is 52.7 Å². The zero-order valence-corrected chi connectivity index (χ0v) is 24.8. The molecule has 3 aromatic carbocycles. The van der Waals surface area contributed by atoms with E-state index in [4.69, 9.17) is 16.3 Å². The van der Waals surface area contributed by atoms with E-state index in [9.17, 15) is 14.7 Å². The number of carbonyl (C=O) groups is 2. The van der Waals surface area contributed by atoms with Crippen molar-refractivity contribution in [2.75, 3.05) is 5.32 Å². The zero-order valence-electron chi connectivity index (χ0n) is 24.0. The largest absolute Gasteiger partial charge is 0.481 e. The molecule has 41 heavy (non-hydrogen) atoms. The number of hydrogen-bond donors (Lipinski definition) is 2. The fourth-order valence-electron chi connectivity index (χ4n) is 5.81. The molecule has 0 saturated carbocycles. The van der Waals surface area contributed by atoms with Crippen molar-refractivity contribution < 1.29 is 19.4 Å². The number of nitrogens with one attached hydrogen (secondary N) is 1. The number of ketones is 1. The Balaban J connectivity index is 1.56. The smallest absolute Gasteiger partial charge is 0.309 e. The number of rotatable bonds is 11. The molecule has 0 saturated heterocycles. The van der Waals surface area contributed by atoms with Gasteiger partial charge in [0.1, 0.15) is 5.75 Å². The van der Waals surface area contributed by atoms with Gasteiger partial charge in [-0.05, 0) is 86.7 Å². The highest BCUT2D eigenvalue weighted by Gasteiger charge is 2.34.